The van der Waals surface area contributed by atoms with Gasteiger partial charge in [0.15, 0.2) is 0 Å². The van der Waals surface area contributed by atoms with Gasteiger partial charge >= 0.3 is 0 Å². The summed E-state index contributed by atoms with van der Waals surface area (Å²) in [5.74, 6) is 0. The minimum atomic E-state index is -0.211. The molecular weight excluding hydrogens is 202 g/mol. The van der Waals surface area contributed by atoms with E-state index in [0.29, 0.717) is 12.0 Å². The van der Waals surface area contributed by atoms with Gasteiger partial charge in [-0.2, -0.15) is 0 Å². The van der Waals surface area contributed by atoms with E-state index in [1.165, 1.54) is 12.8 Å². The largest absolute Gasteiger partial charge is 0.371 e. The molecule has 0 radical (unpaired) electrons. The maximum absolute atomic E-state index is 6.12. The van der Waals surface area contributed by atoms with E-state index in [2.05, 4.69) is 33.0 Å². The van der Waals surface area contributed by atoms with Crippen LogP contribution >= 0.6 is 0 Å². The molecule has 3 nitrogen and oxygen atoms in total. The summed E-state index contributed by atoms with van der Waals surface area (Å²) in [6, 6.07) is 0. The minimum Gasteiger partial charge on any atom is -0.371 e. The van der Waals surface area contributed by atoms with Gasteiger partial charge in [-0.15, -0.1) is 0 Å². The molecule has 94 valence electrons. The molecule has 1 unspecified atom stereocenters. The second-order valence-electron chi connectivity index (χ2n) is 6.07. The highest BCUT2D eigenvalue weighted by Gasteiger charge is 2.49. The number of hydrogen-bond donors (Lipinski definition) is 1. The molecule has 3 heteroatoms. The molecule has 1 atom stereocenters. The molecule has 1 spiro atoms. The molecule has 0 aromatic rings. The van der Waals surface area contributed by atoms with Crippen molar-refractivity contribution in [2.45, 2.75) is 58.3 Å². The third-order valence-electron chi connectivity index (χ3n) is 4.35. The maximum atomic E-state index is 6.12. The fourth-order valence-electron chi connectivity index (χ4n) is 2.75. The summed E-state index contributed by atoms with van der Waals surface area (Å²) in [5.41, 5.74) is 0.0702. The lowest BCUT2D eigenvalue weighted by Gasteiger charge is -2.45. The quantitative estimate of drug-likeness (QED) is 0.785. The SMILES string of the molecule is CCC1(CC)CNC2(COC(C)(C)C2)OC1. The van der Waals surface area contributed by atoms with Gasteiger partial charge in [0.1, 0.15) is 5.72 Å². The van der Waals surface area contributed by atoms with Gasteiger partial charge in [-0.25, -0.2) is 0 Å². The van der Waals surface area contributed by atoms with Crippen LogP contribution in [-0.2, 0) is 9.47 Å². The van der Waals surface area contributed by atoms with E-state index < -0.39 is 0 Å². The molecule has 16 heavy (non-hydrogen) atoms. The van der Waals surface area contributed by atoms with Gasteiger partial charge in [0, 0.05) is 18.4 Å². The molecular formula is C13H25NO2. The lowest BCUT2D eigenvalue weighted by molar-refractivity contribution is -0.146. The summed E-state index contributed by atoms with van der Waals surface area (Å²) in [7, 11) is 0. The maximum Gasteiger partial charge on any atom is 0.145 e. The van der Waals surface area contributed by atoms with E-state index >= 15 is 0 Å². The summed E-state index contributed by atoms with van der Waals surface area (Å²) in [6.45, 7) is 11.4. The Morgan fingerprint density at radius 3 is 2.12 bits per heavy atom. The molecule has 0 aliphatic carbocycles. The van der Waals surface area contributed by atoms with Crippen molar-refractivity contribution in [3.63, 3.8) is 0 Å². The first-order valence-electron chi connectivity index (χ1n) is 6.48. The second kappa shape index (κ2) is 3.97. The number of rotatable bonds is 2. The topological polar surface area (TPSA) is 30.5 Å². The normalized spacial score (nSPS) is 36.8. The summed E-state index contributed by atoms with van der Waals surface area (Å²) >= 11 is 0. The Kier molecular flexibility index (Phi) is 3.06. The van der Waals surface area contributed by atoms with Crippen LogP contribution in [0.4, 0.5) is 0 Å². The van der Waals surface area contributed by atoms with E-state index in [4.69, 9.17) is 9.47 Å². The molecule has 2 aliphatic rings. The monoisotopic (exact) mass is 227 g/mol. The van der Waals surface area contributed by atoms with Crippen LogP contribution in [0.2, 0.25) is 0 Å². The molecule has 0 aromatic heterocycles. The van der Waals surface area contributed by atoms with E-state index in [0.717, 1.165) is 19.6 Å². The van der Waals surface area contributed by atoms with Crippen molar-refractivity contribution in [3.8, 4) is 0 Å². The third-order valence-corrected chi connectivity index (χ3v) is 4.35. The van der Waals surface area contributed by atoms with Crippen LogP contribution < -0.4 is 5.32 Å². The predicted octanol–water partition coefficient (Wildman–Crippen LogP) is 2.31. The first kappa shape index (κ1) is 12.3. The zero-order chi connectivity index (χ0) is 11.9. The fourth-order valence-corrected chi connectivity index (χ4v) is 2.75. The number of nitrogens with one attached hydrogen (secondary N) is 1. The highest BCUT2D eigenvalue weighted by molar-refractivity contribution is 4.98. The smallest absolute Gasteiger partial charge is 0.145 e. The van der Waals surface area contributed by atoms with Gasteiger partial charge in [-0.3, -0.25) is 5.32 Å². The standard InChI is InChI=1S/C13H25NO2/c1-5-12(6-2)8-14-13(16-9-12)7-11(3,4)15-10-13/h14H,5-10H2,1-4H3. The van der Waals surface area contributed by atoms with Crippen molar-refractivity contribution < 1.29 is 9.47 Å². The number of hydrogen-bond acceptors (Lipinski definition) is 3. The van der Waals surface area contributed by atoms with Crippen molar-refractivity contribution in [2.24, 2.45) is 5.41 Å². The molecule has 0 saturated carbocycles. The van der Waals surface area contributed by atoms with Crippen LogP contribution in [-0.4, -0.2) is 31.1 Å². The van der Waals surface area contributed by atoms with Gasteiger partial charge in [0.2, 0.25) is 0 Å². The summed E-state index contributed by atoms with van der Waals surface area (Å²) in [5, 5.41) is 3.60. The van der Waals surface area contributed by atoms with Crippen molar-refractivity contribution in [1.29, 1.82) is 0 Å². The first-order chi connectivity index (χ1) is 7.45. The molecule has 2 heterocycles. The minimum absolute atomic E-state index is 0.0502. The zero-order valence-electron chi connectivity index (χ0n) is 11.1. The summed E-state index contributed by atoms with van der Waals surface area (Å²) in [4.78, 5) is 0. The third kappa shape index (κ3) is 2.13. The van der Waals surface area contributed by atoms with E-state index in [9.17, 15) is 0 Å². The van der Waals surface area contributed by atoms with Crippen LogP contribution in [0.5, 0.6) is 0 Å². The number of ether oxygens (including phenoxy) is 2. The predicted molar refractivity (Wildman–Crippen MR) is 64.3 cm³/mol. The Bertz CT molecular complexity index is 249. The molecule has 2 fully saturated rings. The Labute approximate surface area is 98.9 Å². The second-order valence-corrected chi connectivity index (χ2v) is 6.07. The van der Waals surface area contributed by atoms with Crippen LogP contribution in [0, 0.1) is 5.41 Å². The summed E-state index contributed by atoms with van der Waals surface area (Å²) in [6.07, 6.45) is 3.30. The molecule has 2 rings (SSSR count). The van der Waals surface area contributed by atoms with Gasteiger partial charge in [0.25, 0.3) is 0 Å². The average molecular weight is 227 g/mol. The summed E-state index contributed by atoms with van der Waals surface area (Å²) < 4.78 is 11.9. The van der Waals surface area contributed by atoms with Crippen LogP contribution in [0.15, 0.2) is 0 Å². The van der Waals surface area contributed by atoms with E-state index in [1.807, 2.05) is 0 Å². The fraction of sp³-hybridized carbons (Fsp3) is 1.00. The van der Waals surface area contributed by atoms with Gasteiger partial charge in [-0.1, -0.05) is 13.8 Å². The Balaban J connectivity index is 2.00. The lowest BCUT2D eigenvalue weighted by Crippen LogP contribution is -2.59. The van der Waals surface area contributed by atoms with Crippen LogP contribution in [0.1, 0.15) is 47.0 Å². The van der Waals surface area contributed by atoms with E-state index in [1.54, 1.807) is 0 Å². The first-order valence-corrected chi connectivity index (χ1v) is 6.48. The van der Waals surface area contributed by atoms with Crippen molar-refractivity contribution >= 4 is 0 Å². The molecule has 0 bridgehead atoms. The molecule has 2 saturated heterocycles. The van der Waals surface area contributed by atoms with Crippen molar-refractivity contribution in [3.05, 3.63) is 0 Å². The Morgan fingerprint density at radius 1 is 1.06 bits per heavy atom. The van der Waals surface area contributed by atoms with Crippen LogP contribution in [0.3, 0.4) is 0 Å². The lowest BCUT2D eigenvalue weighted by atomic mass is 9.81. The van der Waals surface area contributed by atoms with Crippen LogP contribution in [0.25, 0.3) is 0 Å². The van der Waals surface area contributed by atoms with Gasteiger partial charge < -0.3 is 9.47 Å². The molecule has 2 aliphatic heterocycles. The van der Waals surface area contributed by atoms with Gasteiger partial charge in [0.05, 0.1) is 18.8 Å². The van der Waals surface area contributed by atoms with Crippen molar-refractivity contribution in [1.82, 2.24) is 5.32 Å². The molecule has 0 amide bonds. The van der Waals surface area contributed by atoms with E-state index in [-0.39, 0.29) is 11.3 Å². The highest BCUT2D eigenvalue weighted by Crippen LogP contribution is 2.39. The molecule has 0 aromatic carbocycles. The Morgan fingerprint density at radius 2 is 1.75 bits per heavy atom. The van der Waals surface area contributed by atoms with Gasteiger partial charge in [-0.05, 0) is 26.7 Å². The zero-order valence-corrected chi connectivity index (χ0v) is 11.1. The Hall–Kier alpha value is -0.120. The highest BCUT2D eigenvalue weighted by atomic mass is 16.6. The average Bonchev–Trinajstić information content (AvgIpc) is 2.57. The van der Waals surface area contributed by atoms with Crippen molar-refractivity contribution in [2.75, 3.05) is 19.8 Å². The molecule has 1 N–H and O–H groups in total.